The van der Waals surface area contributed by atoms with Crippen LogP contribution in [0.2, 0.25) is 0 Å². The average molecular weight is 355 g/mol. The Kier molecular flexibility index (Phi) is 6.06. The first-order chi connectivity index (χ1) is 10.1. The minimum atomic E-state index is 0.0229. The first-order valence-electron chi connectivity index (χ1n) is 7.49. The minimum Gasteiger partial charge on any atom is -0.492 e. The monoisotopic (exact) mass is 354 g/mol. The highest BCUT2D eigenvalue weighted by molar-refractivity contribution is 9.10. The number of halogens is 1. The molecule has 5 heteroatoms. The van der Waals surface area contributed by atoms with Crippen LogP contribution in [0.5, 0.6) is 5.75 Å². The molecule has 1 aliphatic carbocycles. The van der Waals surface area contributed by atoms with Crippen molar-refractivity contribution < 1.29 is 9.53 Å². The van der Waals surface area contributed by atoms with Crippen LogP contribution in [0, 0.1) is 0 Å². The van der Waals surface area contributed by atoms with Gasteiger partial charge in [-0.1, -0.05) is 12.1 Å². The molecule has 0 atom stereocenters. The highest BCUT2D eigenvalue weighted by Gasteiger charge is 2.21. The number of para-hydroxylation sites is 1. The predicted octanol–water partition coefficient (Wildman–Crippen LogP) is 2.99. The number of ether oxygens (including phenoxy) is 1. The fourth-order valence-corrected chi connectivity index (χ4v) is 2.56. The van der Waals surface area contributed by atoms with Crippen molar-refractivity contribution in [2.45, 2.75) is 51.7 Å². The number of rotatable bonds is 8. The molecule has 0 spiro atoms. The zero-order chi connectivity index (χ0) is 15.2. The Morgan fingerprint density at radius 1 is 1.43 bits per heavy atom. The molecule has 0 aliphatic heterocycles. The van der Waals surface area contributed by atoms with Crippen LogP contribution in [0.25, 0.3) is 0 Å². The molecule has 1 amide bonds. The van der Waals surface area contributed by atoms with Crippen LogP contribution in [-0.2, 0) is 11.3 Å². The van der Waals surface area contributed by atoms with Crippen LogP contribution >= 0.6 is 15.9 Å². The zero-order valence-electron chi connectivity index (χ0n) is 12.6. The summed E-state index contributed by atoms with van der Waals surface area (Å²) in [4.78, 5) is 11.6. The predicted molar refractivity (Wildman–Crippen MR) is 87.4 cm³/mol. The van der Waals surface area contributed by atoms with Crippen LogP contribution in [0.15, 0.2) is 22.7 Å². The lowest BCUT2D eigenvalue weighted by molar-refractivity contribution is -0.122. The molecule has 0 heterocycles. The van der Waals surface area contributed by atoms with Crippen LogP contribution in [0.4, 0.5) is 0 Å². The summed E-state index contributed by atoms with van der Waals surface area (Å²) in [6.07, 6.45) is 2.90. The maximum Gasteiger partial charge on any atom is 0.223 e. The molecule has 0 unspecified atom stereocenters. The SMILES string of the molecule is CC(C)NC(=O)CCOc1c(Br)cccc1CNC1CC1. The molecule has 0 aromatic heterocycles. The number of carbonyl (C=O) groups is 1. The summed E-state index contributed by atoms with van der Waals surface area (Å²) in [6.45, 7) is 5.09. The third-order valence-corrected chi connectivity index (χ3v) is 3.86. The lowest BCUT2D eigenvalue weighted by Crippen LogP contribution is -2.31. The summed E-state index contributed by atoms with van der Waals surface area (Å²) in [7, 11) is 0. The first-order valence-corrected chi connectivity index (χ1v) is 8.28. The lowest BCUT2D eigenvalue weighted by atomic mass is 10.2. The van der Waals surface area contributed by atoms with E-state index in [2.05, 4.69) is 32.6 Å². The van der Waals surface area contributed by atoms with Crippen LogP contribution in [0.3, 0.4) is 0 Å². The van der Waals surface area contributed by atoms with Gasteiger partial charge in [-0.15, -0.1) is 0 Å². The van der Waals surface area contributed by atoms with Crippen molar-refractivity contribution in [3.63, 3.8) is 0 Å². The molecule has 2 N–H and O–H groups in total. The number of hydrogen-bond donors (Lipinski definition) is 2. The van der Waals surface area contributed by atoms with Gasteiger partial charge in [0.25, 0.3) is 0 Å². The molecule has 0 saturated heterocycles. The number of benzene rings is 1. The number of amides is 1. The van der Waals surface area contributed by atoms with E-state index in [-0.39, 0.29) is 11.9 Å². The Morgan fingerprint density at radius 3 is 2.86 bits per heavy atom. The van der Waals surface area contributed by atoms with Crippen molar-refractivity contribution in [2.75, 3.05) is 6.61 Å². The second kappa shape index (κ2) is 7.80. The molecule has 1 aromatic carbocycles. The van der Waals surface area contributed by atoms with E-state index >= 15 is 0 Å². The van der Waals surface area contributed by atoms with Crippen molar-refractivity contribution >= 4 is 21.8 Å². The summed E-state index contributed by atoms with van der Waals surface area (Å²) in [5.74, 6) is 0.859. The van der Waals surface area contributed by atoms with Gasteiger partial charge in [0.15, 0.2) is 0 Å². The Balaban J connectivity index is 1.86. The maximum atomic E-state index is 11.6. The van der Waals surface area contributed by atoms with Crippen molar-refractivity contribution in [2.24, 2.45) is 0 Å². The second-order valence-corrected chi connectivity index (χ2v) is 6.56. The molecule has 4 nitrogen and oxygen atoms in total. The quantitative estimate of drug-likeness (QED) is 0.754. The van der Waals surface area contributed by atoms with Crippen molar-refractivity contribution in [1.29, 1.82) is 0 Å². The second-order valence-electron chi connectivity index (χ2n) is 5.70. The highest BCUT2D eigenvalue weighted by Crippen LogP contribution is 2.30. The largest absolute Gasteiger partial charge is 0.492 e. The summed E-state index contributed by atoms with van der Waals surface area (Å²) < 4.78 is 6.76. The normalized spacial score (nSPS) is 14.3. The molecule has 1 aliphatic rings. The van der Waals surface area contributed by atoms with Gasteiger partial charge in [-0.25, -0.2) is 0 Å². The van der Waals surface area contributed by atoms with E-state index in [1.807, 2.05) is 26.0 Å². The third kappa shape index (κ3) is 5.67. The van der Waals surface area contributed by atoms with Gasteiger partial charge in [-0.05, 0) is 48.7 Å². The third-order valence-electron chi connectivity index (χ3n) is 3.23. The van der Waals surface area contributed by atoms with E-state index in [1.165, 1.54) is 12.8 Å². The van der Waals surface area contributed by atoms with Gasteiger partial charge in [0, 0.05) is 24.2 Å². The molecule has 1 fully saturated rings. The Labute approximate surface area is 134 Å². The number of hydrogen-bond acceptors (Lipinski definition) is 3. The summed E-state index contributed by atoms with van der Waals surface area (Å²) in [5, 5.41) is 6.35. The Morgan fingerprint density at radius 2 is 2.19 bits per heavy atom. The lowest BCUT2D eigenvalue weighted by Gasteiger charge is -2.14. The molecular weight excluding hydrogens is 332 g/mol. The molecule has 2 rings (SSSR count). The van der Waals surface area contributed by atoms with E-state index in [0.29, 0.717) is 19.1 Å². The molecule has 116 valence electrons. The minimum absolute atomic E-state index is 0.0229. The van der Waals surface area contributed by atoms with Crippen LogP contribution < -0.4 is 15.4 Å². The summed E-state index contributed by atoms with van der Waals surface area (Å²) in [6, 6.07) is 6.85. The maximum absolute atomic E-state index is 11.6. The van der Waals surface area contributed by atoms with Gasteiger partial charge in [0.1, 0.15) is 5.75 Å². The summed E-state index contributed by atoms with van der Waals surface area (Å²) >= 11 is 3.52. The molecular formula is C16H23BrN2O2. The number of nitrogens with one attached hydrogen (secondary N) is 2. The fraction of sp³-hybridized carbons (Fsp3) is 0.562. The topological polar surface area (TPSA) is 50.4 Å². The van der Waals surface area contributed by atoms with Crippen molar-refractivity contribution in [1.82, 2.24) is 10.6 Å². The summed E-state index contributed by atoms with van der Waals surface area (Å²) in [5.41, 5.74) is 1.13. The van der Waals surface area contributed by atoms with E-state index in [1.54, 1.807) is 0 Å². The van der Waals surface area contributed by atoms with E-state index in [4.69, 9.17) is 4.74 Å². The van der Waals surface area contributed by atoms with Crippen LogP contribution in [-0.4, -0.2) is 24.6 Å². The van der Waals surface area contributed by atoms with Crippen molar-refractivity contribution in [3.8, 4) is 5.75 Å². The number of carbonyl (C=O) groups excluding carboxylic acids is 1. The smallest absolute Gasteiger partial charge is 0.223 e. The van der Waals surface area contributed by atoms with Gasteiger partial charge in [-0.2, -0.15) is 0 Å². The van der Waals surface area contributed by atoms with Gasteiger partial charge >= 0.3 is 0 Å². The van der Waals surface area contributed by atoms with E-state index < -0.39 is 0 Å². The standard InChI is InChI=1S/C16H23BrN2O2/c1-11(2)19-15(20)8-9-21-16-12(4-3-5-14(16)17)10-18-13-6-7-13/h3-5,11,13,18H,6-10H2,1-2H3,(H,19,20). The van der Waals surface area contributed by atoms with Gasteiger partial charge < -0.3 is 15.4 Å². The van der Waals surface area contributed by atoms with Crippen LogP contribution in [0.1, 0.15) is 38.7 Å². The Bertz CT molecular complexity index is 487. The van der Waals surface area contributed by atoms with E-state index in [9.17, 15) is 4.79 Å². The van der Waals surface area contributed by atoms with Gasteiger partial charge in [-0.3, -0.25) is 4.79 Å². The molecule has 1 saturated carbocycles. The van der Waals surface area contributed by atoms with Gasteiger partial charge in [0.2, 0.25) is 5.91 Å². The molecule has 1 aromatic rings. The molecule has 21 heavy (non-hydrogen) atoms. The molecule has 0 radical (unpaired) electrons. The fourth-order valence-electron chi connectivity index (χ4n) is 2.04. The molecule has 0 bridgehead atoms. The highest BCUT2D eigenvalue weighted by atomic mass is 79.9. The van der Waals surface area contributed by atoms with E-state index in [0.717, 1.165) is 22.3 Å². The first kappa shape index (κ1) is 16.3. The average Bonchev–Trinajstić information content (AvgIpc) is 3.22. The Hall–Kier alpha value is -1.07. The van der Waals surface area contributed by atoms with Crippen molar-refractivity contribution in [3.05, 3.63) is 28.2 Å². The zero-order valence-corrected chi connectivity index (χ0v) is 14.2. The van der Waals surface area contributed by atoms with Gasteiger partial charge in [0.05, 0.1) is 17.5 Å².